The summed E-state index contributed by atoms with van der Waals surface area (Å²) in [6.45, 7) is 4.08. The summed E-state index contributed by atoms with van der Waals surface area (Å²) in [7, 11) is 1.70. The van der Waals surface area contributed by atoms with Crippen LogP contribution in [0.5, 0.6) is 0 Å². The number of amides is 2. The Morgan fingerprint density at radius 1 is 1.32 bits per heavy atom. The maximum atomic E-state index is 11.8. The Bertz CT molecular complexity index is 443. The van der Waals surface area contributed by atoms with Gasteiger partial charge in [0, 0.05) is 13.6 Å². The first-order valence-electron chi connectivity index (χ1n) is 6.21. The van der Waals surface area contributed by atoms with E-state index in [0.29, 0.717) is 0 Å². The second-order valence-corrected chi connectivity index (χ2v) is 4.57. The van der Waals surface area contributed by atoms with E-state index in [9.17, 15) is 9.59 Å². The largest absolute Gasteiger partial charge is 0.481 e. The van der Waals surface area contributed by atoms with Crippen LogP contribution < -0.4 is 5.32 Å². The molecule has 0 aromatic heterocycles. The van der Waals surface area contributed by atoms with Gasteiger partial charge in [-0.2, -0.15) is 0 Å². The van der Waals surface area contributed by atoms with Crippen molar-refractivity contribution in [2.45, 2.75) is 26.3 Å². The third-order valence-corrected chi connectivity index (χ3v) is 3.08. The molecular weight excluding hydrogens is 244 g/mol. The van der Waals surface area contributed by atoms with Crippen molar-refractivity contribution in [1.29, 1.82) is 0 Å². The van der Waals surface area contributed by atoms with Gasteiger partial charge in [-0.25, -0.2) is 4.79 Å². The predicted molar refractivity (Wildman–Crippen MR) is 73.0 cm³/mol. The van der Waals surface area contributed by atoms with Crippen molar-refractivity contribution in [3.8, 4) is 0 Å². The lowest BCUT2D eigenvalue weighted by Crippen LogP contribution is -2.39. The topological polar surface area (TPSA) is 69.6 Å². The summed E-state index contributed by atoms with van der Waals surface area (Å²) in [5, 5.41) is 11.1. The van der Waals surface area contributed by atoms with E-state index in [1.54, 1.807) is 11.9 Å². The average molecular weight is 264 g/mol. The first-order chi connectivity index (χ1) is 8.91. The molecule has 19 heavy (non-hydrogen) atoms. The van der Waals surface area contributed by atoms with Crippen molar-refractivity contribution in [1.82, 2.24) is 10.2 Å². The third kappa shape index (κ3) is 4.62. The van der Waals surface area contributed by atoms with Crippen molar-refractivity contribution in [3.63, 3.8) is 0 Å². The molecule has 0 saturated heterocycles. The molecule has 0 aliphatic heterocycles. The smallest absolute Gasteiger partial charge is 0.317 e. The Hall–Kier alpha value is -2.04. The van der Waals surface area contributed by atoms with E-state index >= 15 is 0 Å². The van der Waals surface area contributed by atoms with E-state index in [1.807, 2.05) is 38.1 Å². The quantitative estimate of drug-likeness (QED) is 0.856. The molecule has 1 atom stereocenters. The first-order valence-corrected chi connectivity index (χ1v) is 6.21. The molecular formula is C14H20N2O3. The van der Waals surface area contributed by atoms with Crippen molar-refractivity contribution in [2.24, 2.45) is 0 Å². The monoisotopic (exact) mass is 264 g/mol. The van der Waals surface area contributed by atoms with Gasteiger partial charge in [-0.3, -0.25) is 4.79 Å². The lowest BCUT2D eigenvalue weighted by atomic mass is 10.1. The molecule has 5 nitrogen and oxygen atoms in total. The van der Waals surface area contributed by atoms with Crippen LogP contribution in [0.15, 0.2) is 24.3 Å². The van der Waals surface area contributed by atoms with Gasteiger partial charge in [-0.15, -0.1) is 0 Å². The van der Waals surface area contributed by atoms with Crippen molar-refractivity contribution >= 4 is 12.0 Å². The third-order valence-electron chi connectivity index (χ3n) is 3.08. The van der Waals surface area contributed by atoms with Crippen LogP contribution in [0.3, 0.4) is 0 Å². The van der Waals surface area contributed by atoms with E-state index in [2.05, 4.69) is 5.32 Å². The molecule has 0 heterocycles. The standard InChI is InChI=1S/C14H20N2O3/c1-10-4-6-12(7-5-10)11(2)16(3)14(19)15-9-8-13(17)18/h4-7,11H,8-9H2,1-3H3,(H,15,19)(H,17,18). The van der Waals surface area contributed by atoms with Crippen molar-refractivity contribution in [3.05, 3.63) is 35.4 Å². The van der Waals surface area contributed by atoms with Gasteiger partial charge in [0.05, 0.1) is 12.5 Å². The number of benzene rings is 1. The van der Waals surface area contributed by atoms with Gasteiger partial charge in [0.1, 0.15) is 0 Å². The molecule has 0 aliphatic carbocycles. The number of rotatable bonds is 5. The number of nitrogens with zero attached hydrogens (tertiary/aromatic N) is 1. The van der Waals surface area contributed by atoms with E-state index in [-0.39, 0.29) is 25.0 Å². The van der Waals surface area contributed by atoms with E-state index in [4.69, 9.17) is 5.11 Å². The van der Waals surface area contributed by atoms with Gasteiger partial charge < -0.3 is 15.3 Å². The number of nitrogens with one attached hydrogen (secondary N) is 1. The lowest BCUT2D eigenvalue weighted by molar-refractivity contribution is -0.136. The second kappa shape index (κ2) is 6.78. The molecule has 0 radical (unpaired) electrons. The SMILES string of the molecule is Cc1ccc(C(C)N(C)C(=O)NCCC(=O)O)cc1. The number of urea groups is 1. The van der Waals surface area contributed by atoms with Crippen molar-refractivity contribution in [2.75, 3.05) is 13.6 Å². The zero-order valence-corrected chi connectivity index (χ0v) is 11.5. The number of carbonyl (C=O) groups is 2. The summed E-state index contributed by atoms with van der Waals surface area (Å²) in [5.41, 5.74) is 2.21. The molecule has 0 saturated carbocycles. The summed E-state index contributed by atoms with van der Waals surface area (Å²) in [6, 6.07) is 7.64. The Balaban J connectivity index is 2.56. The lowest BCUT2D eigenvalue weighted by Gasteiger charge is -2.25. The zero-order chi connectivity index (χ0) is 14.4. The highest BCUT2D eigenvalue weighted by atomic mass is 16.4. The Kier molecular flexibility index (Phi) is 5.36. The highest BCUT2D eigenvalue weighted by molar-refractivity contribution is 5.75. The van der Waals surface area contributed by atoms with Crippen LogP contribution in [-0.2, 0) is 4.79 Å². The van der Waals surface area contributed by atoms with Crippen LogP contribution in [0.2, 0.25) is 0 Å². The van der Waals surface area contributed by atoms with Gasteiger partial charge in [0.15, 0.2) is 0 Å². The molecule has 0 aliphatic rings. The molecule has 0 fully saturated rings. The van der Waals surface area contributed by atoms with Crippen LogP contribution in [-0.4, -0.2) is 35.6 Å². The summed E-state index contributed by atoms with van der Waals surface area (Å²) in [5.74, 6) is -0.922. The molecule has 2 amide bonds. The minimum atomic E-state index is -0.922. The van der Waals surface area contributed by atoms with Gasteiger partial charge in [-0.05, 0) is 19.4 Å². The van der Waals surface area contributed by atoms with E-state index in [1.165, 1.54) is 5.56 Å². The number of aliphatic carboxylic acids is 1. The molecule has 0 spiro atoms. The summed E-state index contributed by atoms with van der Waals surface area (Å²) in [4.78, 5) is 23.8. The molecule has 1 aromatic carbocycles. The van der Waals surface area contributed by atoms with Gasteiger partial charge in [0.25, 0.3) is 0 Å². The molecule has 104 valence electrons. The number of carboxylic acid groups (broad SMARTS) is 1. The number of hydrogen-bond acceptors (Lipinski definition) is 2. The van der Waals surface area contributed by atoms with E-state index in [0.717, 1.165) is 5.56 Å². The highest BCUT2D eigenvalue weighted by Gasteiger charge is 2.16. The number of hydrogen-bond donors (Lipinski definition) is 2. The minimum absolute atomic E-state index is 0.0644. The van der Waals surface area contributed by atoms with Crippen molar-refractivity contribution < 1.29 is 14.7 Å². The molecule has 2 N–H and O–H groups in total. The summed E-state index contributed by atoms with van der Waals surface area (Å²) in [6.07, 6.45) is -0.0709. The Labute approximate surface area is 113 Å². The fraction of sp³-hybridized carbons (Fsp3) is 0.429. The zero-order valence-electron chi connectivity index (χ0n) is 11.5. The van der Waals surface area contributed by atoms with Crippen LogP contribution in [0, 0.1) is 6.92 Å². The van der Waals surface area contributed by atoms with E-state index < -0.39 is 5.97 Å². The summed E-state index contributed by atoms with van der Waals surface area (Å²) < 4.78 is 0. The normalized spacial score (nSPS) is 11.7. The fourth-order valence-electron chi connectivity index (χ4n) is 1.65. The minimum Gasteiger partial charge on any atom is -0.481 e. The van der Waals surface area contributed by atoms with Crippen LogP contribution in [0.25, 0.3) is 0 Å². The maximum Gasteiger partial charge on any atom is 0.317 e. The molecule has 1 unspecified atom stereocenters. The molecule has 1 aromatic rings. The van der Waals surface area contributed by atoms with Gasteiger partial charge >= 0.3 is 12.0 Å². The predicted octanol–water partition coefficient (Wildman–Crippen LogP) is 2.17. The van der Waals surface area contributed by atoms with Crippen LogP contribution in [0.1, 0.15) is 30.5 Å². The fourth-order valence-corrected chi connectivity index (χ4v) is 1.65. The maximum absolute atomic E-state index is 11.8. The van der Waals surface area contributed by atoms with Gasteiger partial charge in [-0.1, -0.05) is 29.8 Å². The van der Waals surface area contributed by atoms with Crippen LogP contribution in [0.4, 0.5) is 4.79 Å². The Morgan fingerprint density at radius 3 is 2.42 bits per heavy atom. The summed E-state index contributed by atoms with van der Waals surface area (Å²) >= 11 is 0. The molecule has 0 bridgehead atoms. The second-order valence-electron chi connectivity index (χ2n) is 4.57. The molecule has 1 rings (SSSR count). The number of aryl methyl sites for hydroxylation is 1. The first kappa shape index (κ1) is 15.0. The molecule has 5 heteroatoms. The van der Waals surface area contributed by atoms with Crippen LogP contribution >= 0.6 is 0 Å². The average Bonchev–Trinajstić information content (AvgIpc) is 2.37. The number of carboxylic acids is 1. The van der Waals surface area contributed by atoms with Gasteiger partial charge in [0.2, 0.25) is 0 Å². The highest BCUT2D eigenvalue weighted by Crippen LogP contribution is 2.18. The number of carbonyl (C=O) groups excluding carboxylic acids is 1. The Morgan fingerprint density at radius 2 is 1.89 bits per heavy atom.